The molecule has 0 radical (unpaired) electrons. The number of carbonyl (C=O) groups is 1. The number of esters is 1. The lowest BCUT2D eigenvalue weighted by atomic mass is 10.1. The van der Waals surface area contributed by atoms with Crippen LogP contribution in [-0.4, -0.2) is 21.4 Å². The molecular formula is C17H24O3Si. The molecule has 0 aromatic heterocycles. The molecule has 0 saturated heterocycles. The number of rotatable bonds is 5. The average molecular weight is 304 g/mol. The van der Waals surface area contributed by atoms with Gasteiger partial charge in [-0.3, -0.25) is 0 Å². The lowest BCUT2D eigenvalue weighted by molar-refractivity contribution is -0.133. The van der Waals surface area contributed by atoms with Gasteiger partial charge in [0.15, 0.2) is 8.32 Å². The van der Waals surface area contributed by atoms with Gasteiger partial charge in [-0.1, -0.05) is 31.9 Å². The van der Waals surface area contributed by atoms with E-state index in [-0.39, 0.29) is 0 Å². The van der Waals surface area contributed by atoms with Crippen LogP contribution in [0.25, 0.3) is 0 Å². The van der Waals surface area contributed by atoms with E-state index in [1.807, 2.05) is 24.3 Å². The fraction of sp³-hybridized carbons (Fsp3) is 0.471. The minimum atomic E-state index is -1.59. The zero-order chi connectivity index (χ0) is 15.9. The van der Waals surface area contributed by atoms with Gasteiger partial charge in [0.1, 0.15) is 0 Å². The van der Waals surface area contributed by atoms with Crippen molar-refractivity contribution in [1.29, 1.82) is 0 Å². The predicted octanol–water partition coefficient (Wildman–Crippen LogP) is 3.59. The maximum absolute atomic E-state index is 10.9. The summed E-state index contributed by atoms with van der Waals surface area (Å²) in [6.45, 7) is 9.60. The zero-order valence-electron chi connectivity index (χ0n) is 13.5. The van der Waals surface area contributed by atoms with Crippen molar-refractivity contribution in [1.82, 2.24) is 0 Å². The molecule has 0 N–H and O–H groups in total. The summed E-state index contributed by atoms with van der Waals surface area (Å²) in [5.41, 5.74) is 1.92. The maximum Gasteiger partial charge on any atom is 0.384 e. The van der Waals surface area contributed by atoms with Gasteiger partial charge in [0.05, 0.1) is 13.7 Å². The van der Waals surface area contributed by atoms with Crippen LogP contribution in [0.2, 0.25) is 19.1 Å². The van der Waals surface area contributed by atoms with Crippen molar-refractivity contribution in [2.45, 2.75) is 39.6 Å². The lowest BCUT2D eigenvalue weighted by Gasteiger charge is -2.24. The van der Waals surface area contributed by atoms with E-state index in [0.717, 1.165) is 17.2 Å². The molecule has 0 atom stereocenters. The molecule has 1 aromatic carbocycles. The van der Waals surface area contributed by atoms with Gasteiger partial charge >= 0.3 is 5.97 Å². The van der Waals surface area contributed by atoms with Crippen molar-refractivity contribution in [3.05, 3.63) is 35.4 Å². The van der Waals surface area contributed by atoms with Crippen LogP contribution in [0.15, 0.2) is 24.3 Å². The number of methoxy groups -OCH3 is 1. The summed E-state index contributed by atoms with van der Waals surface area (Å²) in [6.07, 6.45) is 0. The lowest BCUT2D eigenvalue weighted by Crippen LogP contribution is -2.31. The number of hydrogen-bond acceptors (Lipinski definition) is 3. The van der Waals surface area contributed by atoms with E-state index in [4.69, 9.17) is 4.43 Å². The second kappa shape index (κ2) is 8.01. The highest BCUT2D eigenvalue weighted by Crippen LogP contribution is 2.19. The van der Waals surface area contributed by atoms with E-state index in [9.17, 15) is 4.79 Å². The van der Waals surface area contributed by atoms with Gasteiger partial charge in [-0.2, -0.15) is 0 Å². The van der Waals surface area contributed by atoms with Gasteiger partial charge in [-0.15, -0.1) is 0 Å². The Balaban J connectivity index is 2.58. The van der Waals surface area contributed by atoms with Crippen LogP contribution >= 0.6 is 0 Å². The second-order valence-corrected chi connectivity index (χ2v) is 10.3. The molecule has 0 aliphatic carbocycles. The van der Waals surface area contributed by atoms with E-state index in [2.05, 4.69) is 43.5 Å². The first-order valence-electron chi connectivity index (χ1n) is 7.15. The Hall–Kier alpha value is -1.57. The summed E-state index contributed by atoms with van der Waals surface area (Å²) in [4.78, 5) is 10.9. The Morgan fingerprint density at radius 3 is 2.38 bits per heavy atom. The minimum absolute atomic E-state index is 0.524. The molecule has 0 amide bonds. The van der Waals surface area contributed by atoms with Crippen molar-refractivity contribution in [3.8, 4) is 11.8 Å². The highest BCUT2D eigenvalue weighted by Gasteiger charge is 2.23. The molecule has 1 aromatic rings. The van der Waals surface area contributed by atoms with Crippen LogP contribution < -0.4 is 0 Å². The van der Waals surface area contributed by atoms with Crippen LogP contribution in [0.1, 0.15) is 25.0 Å². The smallest absolute Gasteiger partial charge is 0.384 e. The van der Waals surface area contributed by atoms with Gasteiger partial charge in [0.2, 0.25) is 0 Å². The van der Waals surface area contributed by atoms with Crippen LogP contribution in [0, 0.1) is 17.8 Å². The maximum atomic E-state index is 10.9. The number of benzene rings is 1. The van der Waals surface area contributed by atoms with E-state index >= 15 is 0 Å². The molecule has 3 nitrogen and oxygen atoms in total. The molecule has 0 aliphatic rings. The first-order valence-corrected chi connectivity index (χ1v) is 10.3. The molecule has 0 aliphatic heterocycles. The summed E-state index contributed by atoms with van der Waals surface area (Å²) in [5, 5.41) is 0. The van der Waals surface area contributed by atoms with Crippen LogP contribution in [0.4, 0.5) is 0 Å². The molecule has 114 valence electrons. The number of hydrogen-bond donors (Lipinski definition) is 0. The van der Waals surface area contributed by atoms with E-state index < -0.39 is 14.3 Å². The van der Waals surface area contributed by atoms with Gasteiger partial charge in [0, 0.05) is 11.5 Å². The van der Waals surface area contributed by atoms with Crippen molar-refractivity contribution in [2.24, 2.45) is 5.92 Å². The second-order valence-electron chi connectivity index (χ2n) is 6.08. The molecule has 0 fully saturated rings. The topological polar surface area (TPSA) is 35.5 Å². The molecule has 0 unspecified atom stereocenters. The third kappa shape index (κ3) is 7.12. The molecule has 21 heavy (non-hydrogen) atoms. The normalized spacial score (nSPS) is 11.0. The first kappa shape index (κ1) is 17.5. The van der Waals surface area contributed by atoms with Crippen molar-refractivity contribution in [3.63, 3.8) is 0 Å². The Kier molecular flexibility index (Phi) is 6.67. The van der Waals surface area contributed by atoms with Crippen LogP contribution in [-0.2, 0) is 20.6 Å². The van der Waals surface area contributed by atoms with Gasteiger partial charge in [0.25, 0.3) is 0 Å². The summed E-state index contributed by atoms with van der Waals surface area (Å²) >= 11 is 0. The Morgan fingerprint density at radius 1 is 1.24 bits per heavy atom. The van der Waals surface area contributed by atoms with Crippen LogP contribution in [0.5, 0.6) is 0 Å². The number of ether oxygens (including phenoxy) is 1. The third-order valence-corrected chi connectivity index (χ3v) is 5.70. The van der Waals surface area contributed by atoms with Crippen molar-refractivity contribution in [2.75, 3.05) is 7.11 Å². The molecule has 0 bridgehead atoms. The van der Waals surface area contributed by atoms with Gasteiger partial charge < -0.3 is 9.16 Å². The molecule has 0 saturated carbocycles. The van der Waals surface area contributed by atoms with Crippen molar-refractivity contribution >= 4 is 14.3 Å². The largest absolute Gasteiger partial charge is 0.459 e. The summed E-state index contributed by atoms with van der Waals surface area (Å²) in [7, 11) is -0.267. The summed E-state index contributed by atoms with van der Waals surface area (Å²) in [5.74, 6) is 5.32. The third-order valence-electron chi connectivity index (χ3n) is 2.98. The average Bonchev–Trinajstić information content (AvgIpc) is 2.42. The Bertz CT molecular complexity index is 521. The fourth-order valence-electron chi connectivity index (χ4n) is 2.18. The monoisotopic (exact) mass is 304 g/mol. The molecule has 4 heteroatoms. The SMILES string of the molecule is COC(=O)C#Cc1ccc(CO[Si](C)(C)CC(C)C)cc1. The van der Waals surface area contributed by atoms with Crippen molar-refractivity contribution < 1.29 is 14.0 Å². The fourth-order valence-corrected chi connectivity index (χ4v) is 4.82. The molecule has 1 rings (SSSR count). The molecular weight excluding hydrogens is 280 g/mol. The van der Waals surface area contributed by atoms with E-state index in [0.29, 0.717) is 12.5 Å². The minimum Gasteiger partial charge on any atom is -0.459 e. The Morgan fingerprint density at radius 2 is 1.86 bits per heavy atom. The van der Waals surface area contributed by atoms with E-state index in [1.54, 1.807) is 0 Å². The Labute approximate surface area is 128 Å². The highest BCUT2D eigenvalue weighted by atomic mass is 28.4. The predicted molar refractivity (Wildman–Crippen MR) is 87.3 cm³/mol. The zero-order valence-corrected chi connectivity index (χ0v) is 14.5. The van der Waals surface area contributed by atoms with Gasteiger partial charge in [-0.25, -0.2) is 4.79 Å². The van der Waals surface area contributed by atoms with E-state index in [1.165, 1.54) is 7.11 Å². The molecule has 0 heterocycles. The summed E-state index contributed by atoms with van der Waals surface area (Å²) in [6, 6.07) is 8.93. The van der Waals surface area contributed by atoms with Crippen LogP contribution in [0.3, 0.4) is 0 Å². The first-order chi connectivity index (χ1) is 9.82. The standard InChI is InChI=1S/C17H24O3Si/c1-14(2)13-21(4,5)20-12-16-8-6-15(7-9-16)10-11-17(18)19-3/h6-9,14H,12-13H2,1-5H3. The number of carbonyl (C=O) groups excluding carboxylic acids is 1. The van der Waals surface area contributed by atoms with Gasteiger partial charge in [-0.05, 0) is 42.8 Å². The summed E-state index contributed by atoms with van der Waals surface area (Å²) < 4.78 is 10.6. The molecule has 0 spiro atoms. The highest BCUT2D eigenvalue weighted by molar-refractivity contribution is 6.71. The quantitative estimate of drug-likeness (QED) is 0.474.